The van der Waals surface area contributed by atoms with E-state index in [2.05, 4.69) is 10.1 Å². The third-order valence-electron chi connectivity index (χ3n) is 5.81. The molecule has 0 amide bonds. The zero-order valence-electron chi connectivity index (χ0n) is 21.2. The second-order valence-corrected chi connectivity index (χ2v) is 9.88. The SMILES string of the molecule is CC(C)C(=O)OC[C@@]1(C)O[C@@H](c2ccc3c(N)ncnn23)[C@H](OC(=O)C(C)C)[C@@H]1OC(=O)C(C)C. The van der Waals surface area contributed by atoms with Crippen LogP contribution in [0.5, 0.6) is 0 Å². The molecule has 3 heterocycles. The lowest BCUT2D eigenvalue weighted by Gasteiger charge is -2.31. The van der Waals surface area contributed by atoms with Gasteiger partial charge in [-0.05, 0) is 19.1 Å². The number of rotatable bonds is 8. The number of esters is 3. The number of nitrogens with two attached hydrogens (primary N) is 1. The molecule has 2 aromatic rings. The Labute approximate surface area is 204 Å². The van der Waals surface area contributed by atoms with E-state index in [1.807, 2.05) is 0 Å². The fraction of sp³-hybridized carbons (Fsp3) is 0.625. The number of nitrogens with zero attached hydrogens (tertiary/aromatic N) is 3. The van der Waals surface area contributed by atoms with Crippen LogP contribution in [0.4, 0.5) is 5.82 Å². The molecule has 0 spiro atoms. The van der Waals surface area contributed by atoms with E-state index in [0.29, 0.717) is 11.2 Å². The monoisotopic (exact) mass is 490 g/mol. The van der Waals surface area contributed by atoms with E-state index in [9.17, 15) is 14.4 Å². The molecule has 0 saturated carbocycles. The number of hydrogen-bond acceptors (Lipinski definition) is 10. The third-order valence-corrected chi connectivity index (χ3v) is 5.81. The smallest absolute Gasteiger partial charge is 0.308 e. The van der Waals surface area contributed by atoms with Crippen LogP contribution in [0.15, 0.2) is 18.5 Å². The molecule has 11 heteroatoms. The van der Waals surface area contributed by atoms with Gasteiger partial charge in [0.2, 0.25) is 0 Å². The maximum absolute atomic E-state index is 12.7. The number of nitrogen functional groups attached to an aromatic ring is 1. The van der Waals surface area contributed by atoms with Crippen molar-refractivity contribution in [1.29, 1.82) is 0 Å². The van der Waals surface area contributed by atoms with Gasteiger partial charge in [-0.3, -0.25) is 14.4 Å². The number of fused-ring (bicyclic) bond motifs is 1. The van der Waals surface area contributed by atoms with Gasteiger partial charge in [-0.15, -0.1) is 0 Å². The zero-order chi connectivity index (χ0) is 26.1. The average Bonchev–Trinajstić information content (AvgIpc) is 3.33. The Balaban J connectivity index is 2.09. The van der Waals surface area contributed by atoms with E-state index in [1.165, 1.54) is 10.8 Å². The van der Waals surface area contributed by atoms with Crippen LogP contribution in [0.3, 0.4) is 0 Å². The van der Waals surface area contributed by atoms with Gasteiger partial charge >= 0.3 is 17.9 Å². The van der Waals surface area contributed by atoms with Crippen LogP contribution < -0.4 is 5.73 Å². The summed E-state index contributed by atoms with van der Waals surface area (Å²) in [5, 5.41) is 4.27. The molecule has 1 saturated heterocycles. The van der Waals surface area contributed by atoms with Crippen LogP contribution >= 0.6 is 0 Å². The van der Waals surface area contributed by atoms with E-state index < -0.39 is 53.7 Å². The van der Waals surface area contributed by atoms with Crippen LogP contribution in [0.1, 0.15) is 60.3 Å². The molecule has 2 N–H and O–H groups in total. The van der Waals surface area contributed by atoms with Crippen LogP contribution in [-0.2, 0) is 33.3 Å². The quantitative estimate of drug-likeness (QED) is 0.433. The van der Waals surface area contributed by atoms with Gasteiger partial charge in [0.05, 0.1) is 23.4 Å². The van der Waals surface area contributed by atoms with E-state index in [0.717, 1.165) is 0 Å². The van der Waals surface area contributed by atoms with Crippen molar-refractivity contribution >= 4 is 29.2 Å². The Morgan fingerprint density at radius 1 is 1.03 bits per heavy atom. The molecule has 35 heavy (non-hydrogen) atoms. The summed E-state index contributed by atoms with van der Waals surface area (Å²) in [7, 11) is 0. The number of carbonyl (C=O) groups excluding carboxylic acids is 3. The van der Waals surface area contributed by atoms with Gasteiger partial charge in [-0.25, -0.2) is 9.50 Å². The van der Waals surface area contributed by atoms with Gasteiger partial charge in [-0.2, -0.15) is 5.10 Å². The molecule has 4 atom stereocenters. The van der Waals surface area contributed by atoms with Crippen molar-refractivity contribution in [3.8, 4) is 0 Å². The normalized spacial score (nSPS) is 24.3. The minimum atomic E-state index is -1.32. The molecule has 0 unspecified atom stereocenters. The van der Waals surface area contributed by atoms with Gasteiger partial charge in [0.1, 0.15) is 30.2 Å². The maximum Gasteiger partial charge on any atom is 0.308 e. The fourth-order valence-electron chi connectivity index (χ4n) is 3.69. The van der Waals surface area contributed by atoms with Crippen molar-refractivity contribution in [3.05, 3.63) is 24.2 Å². The summed E-state index contributed by atoms with van der Waals surface area (Å²) in [5.41, 5.74) is 5.72. The van der Waals surface area contributed by atoms with Crippen molar-refractivity contribution in [3.63, 3.8) is 0 Å². The van der Waals surface area contributed by atoms with Crippen molar-refractivity contribution in [2.45, 2.75) is 72.4 Å². The number of ether oxygens (including phenoxy) is 4. The van der Waals surface area contributed by atoms with Gasteiger partial charge < -0.3 is 24.7 Å². The lowest BCUT2D eigenvalue weighted by atomic mass is 9.95. The van der Waals surface area contributed by atoms with Gasteiger partial charge in [-0.1, -0.05) is 41.5 Å². The van der Waals surface area contributed by atoms with Crippen molar-refractivity contribution < 1.29 is 33.3 Å². The molecular weight excluding hydrogens is 456 g/mol. The third kappa shape index (κ3) is 5.39. The molecule has 0 bridgehead atoms. The summed E-state index contributed by atoms with van der Waals surface area (Å²) < 4.78 is 25.1. The molecule has 1 aliphatic heterocycles. The highest BCUT2D eigenvalue weighted by molar-refractivity contribution is 5.73. The zero-order valence-corrected chi connectivity index (χ0v) is 21.2. The molecule has 11 nitrogen and oxygen atoms in total. The Hall–Kier alpha value is -3.21. The van der Waals surface area contributed by atoms with Crippen LogP contribution in [-0.4, -0.2) is 56.9 Å². The minimum absolute atomic E-state index is 0.216. The lowest BCUT2D eigenvalue weighted by molar-refractivity contribution is -0.180. The number of carbonyl (C=O) groups is 3. The summed E-state index contributed by atoms with van der Waals surface area (Å²) >= 11 is 0. The van der Waals surface area contributed by atoms with E-state index in [1.54, 1.807) is 60.6 Å². The summed E-state index contributed by atoms with van der Waals surface area (Å²) in [6.07, 6.45) is -1.70. The second kappa shape index (κ2) is 10.2. The van der Waals surface area contributed by atoms with Crippen molar-refractivity contribution in [2.75, 3.05) is 12.3 Å². The molecule has 2 aromatic heterocycles. The summed E-state index contributed by atoms with van der Waals surface area (Å²) in [4.78, 5) is 41.6. The van der Waals surface area contributed by atoms with Gasteiger partial charge in [0, 0.05) is 0 Å². The number of anilines is 1. The standard InChI is InChI=1S/C24H34N4O7/c1-12(2)21(29)32-10-24(7)19(34-23(31)14(5)6)18(33-22(30)13(3)4)17(35-24)15-8-9-16-20(25)26-11-27-28(15)16/h8-9,11-14,17-19H,10H2,1-7H3,(H2,25,26,27)/t17-,18-,19-,24+/m0/s1. The first kappa shape index (κ1) is 26.4. The summed E-state index contributed by atoms with van der Waals surface area (Å²) in [6, 6.07) is 3.45. The number of aromatic nitrogens is 3. The van der Waals surface area contributed by atoms with Crippen molar-refractivity contribution in [2.24, 2.45) is 17.8 Å². The molecule has 3 rings (SSSR count). The second-order valence-electron chi connectivity index (χ2n) is 9.88. The van der Waals surface area contributed by atoms with Crippen LogP contribution in [0, 0.1) is 17.8 Å². The molecule has 0 aromatic carbocycles. The van der Waals surface area contributed by atoms with Gasteiger partial charge in [0.25, 0.3) is 0 Å². The van der Waals surface area contributed by atoms with E-state index in [-0.39, 0.29) is 18.3 Å². The highest BCUT2D eigenvalue weighted by Crippen LogP contribution is 2.44. The Bertz CT molecular complexity index is 1100. The predicted molar refractivity (Wildman–Crippen MR) is 125 cm³/mol. The highest BCUT2D eigenvalue weighted by atomic mass is 16.7. The first-order valence-electron chi connectivity index (χ1n) is 11.7. The lowest BCUT2D eigenvalue weighted by Crippen LogP contribution is -2.49. The summed E-state index contributed by atoms with van der Waals surface area (Å²) in [6.45, 7) is 11.7. The van der Waals surface area contributed by atoms with Crippen molar-refractivity contribution in [1.82, 2.24) is 14.6 Å². The molecule has 192 valence electrons. The maximum atomic E-state index is 12.7. The van der Waals surface area contributed by atoms with Crippen LogP contribution in [0.25, 0.3) is 5.52 Å². The largest absolute Gasteiger partial charge is 0.462 e. The predicted octanol–water partition coefficient (Wildman–Crippen LogP) is 2.48. The van der Waals surface area contributed by atoms with E-state index in [4.69, 9.17) is 24.7 Å². The Kier molecular flexibility index (Phi) is 7.68. The minimum Gasteiger partial charge on any atom is -0.462 e. The van der Waals surface area contributed by atoms with Crippen LogP contribution in [0.2, 0.25) is 0 Å². The molecule has 0 radical (unpaired) electrons. The first-order chi connectivity index (χ1) is 16.4. The van der Waals surface area contributed by atoms with E-state index >= 15 is 0 Å². The highest BCUT2D eigenvalue weighted by Gasteiger charge is 2.59. The molecular formula is C24H34N4O7. The number of hydrogen-bond donors (Lipinski definition) is 1. The van der Waals surface area contributed by atoms with Gasteiger partial charge in [0.15, 0.2) is 18.0 Å². The molecule has 1 aliphatic rings. The fourth-order valence-corrected chi connectivity index (χ4v) is 3.69. The molecule has 1 fully saturated rings. The molecule has 0 aliphatic carbocycles. The first-order valence-corrected chi connectivity index (χ1v) is 11.7. The Morgan fingerprint density at radius 2 is 1.63 bits per heavy atom. The average molecular weight is 491 g/mol. The topological polar surface area (TPSA) is 144 Å². The summed E-state index contributed by atoms with van der Waals surface area (Å²) in [5.74, 6) is -2.42. The Morgan fingerprint density at radius 3 is 2.23 bits per heavy atom.